The van der Waals surface area contributed by atoms with Crippen molar-refractivity contribution in [2.75, 3.05) is 14.2 Å². The van der Waals surface area contributed by atoms with Crippen LogP contribution in [0.2, 0.25) is 5.02 Å². The molecular formula is C18H17ClO3. The molecule has 0 saturated carbocycles. The summed E-state index contributed by atoms with van der Waals surface area (Å²) in [6.07, 6.45) is 1.80. The zero-order valence-corrected chi connectivity index (χ0v) is 13.5. The molecule has 2 aromatic rings. The highest BCUT2D eigenvalue weighted by Gasteiger charge is 2.12. The summed E-state index contributed by atoms with van der Waals surface area (Å²) in [6.45, 7) is 1.52. The van der Waals surface area contributed by atoms with Gasteiger partial charge in [0.25, 0.3) is 0 Å². The number of hydrogen-bond donors (Lipinski definition) is 0. The summed E-state index contributed by atoms with van der Waals surface area (Å²) in [6, 6.07) is 12.8. The normalized spacial score (nSPS) is 11.2. The average molecular weight is 317 g/mol. The van der Waals surface area contributed by atoms with E-state index in [0.29, 0.717) is 27.7 Å². The Morgan fingerprint density at radius 3 is 2.32 bits per heavy atom. The molecule has 0 aliphatic carbocycles. The second kappa shape index (κ2) is 7.14. The topological polar surface area (TPSA) is 35.5 Å². The number of hydrogen-bond acceptors (Lipinski definition) is 3. The number of methoxy groups -OCH3 is 2. The highest BCUT2D eigenvalue weighted by Crippen LogP contribution is 2.31. The molecule has 0 aliphatic rings. The van der Waals surface area contributed by atoms with Gasteiger partial charge in [-0.05, 0) is 36.8 Å². The molecule has 0 atom stereocenters. The molecule has 3 nitrogen and oxygen atoms in total. The van der Waals surface area contributed by atoms with E-state index >= 15 is 0 Å². The third kappa shape index (κ3) is 3.49. The standard InChI is InChI=1S/C18H17ClO3/c1-12(20)15(14-6-4-5-7-16(14)19)10-13-8-9-17(21-2)18(11-13)22-3/h4-11H,1-3H3/b15-10-. The van der Waals surface area contributed by atoms with Crippen molar-refractivity contribution in [3.05, 3.63) is 58.6 Å². The van der Waals surface area contributed by atoms with Crippen LogP contribution in [0.3, 0.4) is 0 Å². The first-order valence-corrected chi connectivity index (χ1v) is 7.14. The lowest BCUT2D eigenvalue weighted by molar-refractivity contribution is -0.111. The molecule has 0 saturated heterocycles. The lowest BCUT2D eigenvalue weighted by atomic mass is 9.99. The smallest absolute Gasteiger partial charge is 0.161 e. The minimum atomic E-state index is -0.0529. The Kier molecular flexibility index (Phi) is 5.23. The van der Waals surface area contributed by atoms with E-state index in [0.717, 1.165) is 5.56 Å². The number of ether oxygens (including phenoxy) is 2. The van der Waals surface area contributed by atoms with E-state index in [2.05, 4.69) is 0 Å². The van der Waals surface area contributed by atoms with Gasteiger partial charge >= 0.3 is 0 Å². The van der Waals surface area contributed by atoms with Crippen molar-refractivity contribution >= 4 is 29.0 Å². The van der Waals surface area contributed by atoms with Crippen LogP contribution in [0, 0.1) is 0 Å². The molecule has 2 aromatic carbocycles. The van der Waals surface area contributed by atoms with Gasteiger partial charge < -0.3 is 9.47 Å². The average Bonchev–Trinajstić information content (AvgIpc) is 2.53. The summed E-state index contributed by atoms with van der Waals surface area (Å²) in [5, 5.41) is 0.546. The van der Waals surface area contributed by atoms with Crippen molar-refractivity contribution in [2.24, 2.45) is 0 Å². The van der Waals surface area contributed by atoms with Gasteiger partial charge in [0.05, 0.1) is 14.2 Å². The first kappa shape index (κ1) is 16.1. The van der Waals surface area contributed by atoms with Crippen molar-refractivity contribution in [3.63, 3.8) is 0 Å². The first-order chi connectivity index (χ1) is 10.6. The number of ketones is 1. The fraction of sp³-hybridized carbons (Fsp3) is 0.167. The van der Waals surface area contributed by atoms with Crippen LogP contribution in [0.1, 0.15) is 18.1 Å². The number of rotatable bonds is 5. The van der Waals surface area contributed by atoms with Gasteiger partial charge in [-0.3, -0.25) is 4.79 Å². The maximum absolute atomic E-state index is 12.0. The maximum atomic E-state index is 12.0. The summed E-state index contributed by atoms with van der Waals surface area (Å²) < 4.78 is 10.5. The van der Waals surface area contributed by atoms with Crippen LogP contribution in [-0.4, -0.2) is 20.0 Å². The quantitative estimate of drug-likeness (QED) is 0.602. The molecule has 0 fully saturated rings. The fourth-order valence-corrected chi connectivity index (χ4v) is 2.40. The molecule has 0 heterocycles. The molecule has 0 spiro atoms. The van der Waals surface area contributed by atoms with Crippen molar-refractivity contribution in [3.8, 4) is 11.5 Å². The number of carbonyl (C=O) groups excluding carboxylic acids is 1. The third-order valence-electron chi connectivity index (χ3n) is 3.26. The monoisotopic (exact) mass is 316 g/mol. The number of halogens is 1. The molecule has 114 valence electrons. The predicted octanol–water partition coefficient (Wildman–Crippen LogP) is 4.49. The zero-order chi connectivity index (χ0) is 16.1. The van der Waals surface area contributed by atoms with Crippen LogP contribution in [0.4, 0.5) is 0 Å². The Labute approximate surface area is 135 Å². The molecule has 4 heteroatoms. The van der Waals surface area contributed by atoms with Crippen molar-refractivity contribution in [2.45, 2.75) is 6.92 Å². The molecule has 22 heavy (non-hydrogen) atoms. The first-order valence-electron chi connectivity index (χ1n) is 6.76. The van der Waals surface area contributed by atoms with Crippen LogP contribution >= 0.6 is 11.6 Å². The van der Waals surface area contributed by atoms with Gasteiger partial charge in [-0.25, -0.2) is 0 Å². The Morgan fingerprint density at radius 1 is 1.05 bits per heavy atom. The van der Waals surface area contributed by atoms with Crippen LogP contribution in [-0.2, 0) is 4.79 Å². The second-order valence-electron chi connectivity index (χ2n) is 4.71. The molecular weight excluding hydrogens is 300 g/mol. The zero-order valence-electron chi connectivity index (χ0n) is 12.7. The molecule has 0 unspecified atom stereocenters. The SMILES string of the molecule is COc1ccc(/C=C(/C(C)=O)c2ccccc2Cl)cc1OC. The van der Waals surface area contributed by atoms with E-state index < -0.39 is 0 Å². The van der Waals surface area contributed by atoms with Gasteiger partial charge in [-0.2, -0.15) is 0 Å². The number of carbonyl (C=O) groups is 1. The lowest BCUT2D eigenvalue weighted by Crippen LogP contribution is -1.97. The largest absolute Gasteiger partial charge is 0.493 e. The van der Waals surface area contributed by atoms with E-state index in [9.17, 15) is 4.79 Å². The molecule has 0 N–H and O–H groups in total. The van der Waals surface area contributed by atoms with E-state index in [1.807, 2.05) is 30.3 Å². The highest BCUT2D eigenvalue weighted by atomic mass is 35.5. The third-order valence-corrected chi connectivity index (χ3v) is 3.59. The van der Waals surface area contributed by atoms with Crippen molar-refractivity contribution in [1.29, 1.82) is 0 Å². The molecule has 0 aliphatic heterocycles. The Hall–Kier alpha value is -2.26. The van der Waals surface area contributed by atoms with Crippen LogP contribution in [0.25, 0.3) is 11.6 Å². The van der Waals surface area contributed by atoms with Gasteiger partial charge in [0, 0.05) is 16.2 Å². The summed E-state index contributed by atoms with van der Waals surface area (Å²) in [5.41, 5.74) is 2.10. The summed E-state index contributed by atoms with van der Waals surface area (Å²) >= 11 is 6.20. The van der Waals surface area contributed by atoms with Crippen LogP contribution in [0.15, 0.2) is 42.5 Å². The summed E-state index contributed by atoms with van der Waals surface area (Å²) in [4.78, 5) is 12.0. The molecule has 0 radical (unpaired) electrons. The second-order valence-corrected chi connectivity index (χ2v) is 5.12. The lowest BCUT2D eigenvalue weighted by Gasteiger charge is -2.10. The van der Waals surface area contributed by atoms with E-state index in [-0.39, 0.29) is 5.78 Å². The number of benzene rings is 2. The van der Waals surface area contributed by atoms with Gasteiger partial charge in [0.2, 0.25) is 0 Å². The Morgan fingerprint density at radius 2 is 1.73 bits per heavy atom. The minimum Gasteiger partial charge on any atom is -0.493 e. The van der Waals surface area contributed by atoms with Gasteiger partial charge in [0.1, 0.15) is 0 Å². The van der Waals surface area contributed by atoms with Crippen LogP contribution < -0.4 is 9.47 Å². The Balaban J connectivity index is 2.52. The van der Waals surface area contributed by atoms with E-state index in [1.54, 1.807) is 32.4 Å². The van der Waals surface area contributed by atoms with Gasteiger partial charge in [-0.15, -0.1) is 0 Å². The highest BCUT2D eigenvalue weighted by molar-refractivity contribution is 6.36. The Bertz CT molecular complexity index is 720. The number of allylic oxidation sites excluding steroid dienone is 1. The van der Waals surface area contributed by atoms with Crippen molar-refractivity contribution in [1.82, 2.24) is 0 Å². The molecule has 0 amide bonds. The maximum Gasteiger partial charge on any atom is 0.161 e. The van der Waals surface area contributed by atoms with Crippen molar-refractivity contribution < 1.29 is 14.3 Å². The van der Waals surface area contributed by atoms with Gasteiger partial charge in [0.15, 0.2) is 17.3 Å². The van der Waals surface area contributed by atoms with Gasteiger partial charge in [-0.1, -0.05) is 35.9 Å². The predicted molar refractivity (Wildman–Crippen MR) is 89.6 cm³/mol. The summed E-state index contributed by atoms with van der Waals surface area (Å²) in [7, 11) is 3.16. The molecule has 2 rings (SSSR count). The van der Waals surface area contributed by atoms with Crippen LogP contribution in [0.5, 0.6) is 11.5 Å². The fourth-order valence-electron chi connectivity index (χ4n) is 2.16. The number of Topliss-reactive ketones (excluding diaryl/α,β-unsaturated/α-hetero) is 1. The minimum absolute atomic E-state index is 0.0529. The molecule has 0 aromatic heterocycles. The summed E-state index contributed by atoms with van der Waals surface area (Å²) in [5.74, 6) is 1.20. The molecule has 0 bridgehead atoms. The van der Waals surface area contributed by atoms with E-state index in [4.69, 9.17) is 21.1 Å². The van der Waals surface area contributed by atoms with E-state index in [1.165, 1.54) is 6.92 Å².